The maximum atomic E-state index is 14.0. The molecule has 1 saturated heterocycles. The van der Waals surface area contributed by atoms with Crippen molar-refractivity contribution in [1.82, 2.24) is 5.32 Å². The van der Waals surface area contributed by atoms with Gasteiger partial charge in [0.1, 0.15) is 6.54 Å². The van der Waals surface area contributed by atoms with Crippen molar-refractivity contribution in [1.29, 1.82) is 0 Å². The number of anilines is 2. The highest BCUT2D eigenvalue weighted by Gasteiger charge is 2.61. The number of carbonyl (C=O) groups excluding carboxylic acids is 3. The summed E-state index contributed by atoms with van der Waals surface area (Å²) in [6.45, 7) is 2.05. The number of carbonyl (C=O) groups is 3. The Kier molecular flexibility index (Phi) is 5.83. The number of amides is 3. The lowest BCUT2D eigenvalue weighted by atomic mass is 10.0. The van der Waals surface area contributed by atoms with Crippen LogP contribution in [0.15, 0.2) is 72.8 Å². The molecule has 2 aliphatic heterocycles. The zero-order chi connectivity index (χ0) is 23.9. The number of halogens is 1. The van der Waals surface area contributed by atoms with Crippen molar-refractivity contribution >= 4 is 52.5 Å². The van der Waals surface area contributed by atoms with Crippen molar-refractivity contribution in [3.8, 4) is 0 Å². The standard InChI is InChI=1S/C26H22ClN3O3S/c1-17-7-6-9-19(13-17)30-24(32)16-34-26(30)20-10-3-5-12-22(20)29(25(26)33)15-23(31)28-14-18-8-2-4-11-21(18)27/h2-13H,14-16H2,1H3,(H,28,31)/t26-/m0/s1. The molecule has 0 aliphatic carbocycles. The normalized spacial score (nSPS) is 19.1. The Morgan fingerprint density at radius 3 is 2.62 bits per heavy atom. The highest BCUT2D eigenvalue weighted by atomic mass is 35.5. The average molecular weight is 492 g/mol. The van der Waals surface area contributed by atoms with Crippen LogP contribution < -0.4 is 15.1 Å². The van der Waals surface area contributed by atoms with Gasteiger partial charge in [-0.1, -0.05) is 60.1 Å². The van der Waals surface area contributed by atoms with Crippen LogP contribution >= 0.6 is 23.4 Å². The van der Waals surface area contributed by atoms with Crippen molar-refractivity contribution < 1.29 is 14.4 Å². The van der Waals surface area contributed by atoms with Crippen molar-refractivity contribution in [2.45, 2.75) is 18.3 Å². The molecular formula is C26H22ClN3O3S. The Bertz CT molecular complexity index is 1310. The van der Waals surface area contributed by atoms with Crippen molar-refractivity contribution in [3.63, 3.8) is 0 Å². The number of thioether (sulfide) groups is 1. The summed E-state index contributed by atoms with van der Waals surface area (Å²) in [7, 11) is 0. The van der Waals surface area contributed by atoms with Crippen molar-refractivity contribution in [2.24, 2.45) is 0 Å². The van der Waals surface area contributed by atoms with E-state index in [9.17, 15) is 14.4 Å². The number of aryl methyl sites for hydroxylation is 1. The minimum atomic E-state index is -1.23. The summed E-state index contributed by atoms with van der Waals surface area (Å²) in [5, 5.41) is 3.42. The molecule has 0 radical (unpaired) electrons. The number of nitrogens with one attached hydrogen (secondary N) is 1. The van der Waals surface area contributed by atoms with Crippen LogP contribution in [-0.4, -0.2) is 30.0 Å². The quantitative estimate of drug-likeness (QED) is 0.579. The smallest absolute Gasteiger partial charge is 0.269 e. The summed E-state index contributed by atoms with van der Waals surface area (Å²) in [6.07, 6.45) is 0. The third-order valence-corrected chi connectivity index (χ3v) is 7.81. The number of fused-ring (bicyclic) bond motifs is 2. The fourth-order valence-corrected chi connectivity index (χ4v) is 6.08. The molecule has 3 aromatic carbocycles. The summed E-state index contributed by atoms with van der Waals surface area (Å²) in [5.74, 6) is -0.556. The van der Waals surface area contributed by atoms with Gasteiger partial charge in [-0.3, -0.25) is 24.2 Å². The van der Waals surface area contributed by atoms with Gasteiger partial charge < -0.3 is 5.32 Å². The Hall–Kier alpha value is -3.29. The van der Waals surface area contributed by atoms with Crippen LogP contribution in [0.2, 0.25) is 5.02 Å². The van der Waals surface area contributed by atoms with Gasteiger partial charge in [-0.2, -0.15) is 0 Å². The molecular weight excluding hydrogens is 470 g/mol. The minimum Gasteiger partial charge on any atom is -0.350 e. The van der Waals surface area contributed by atoms with Gasteiger partial charge in [0, 0.05) is 22.8 Å². The first-order valence-corrected chi connectivity index (χ1v) is 12.2. The molecule has 2 aliphatic rings. The second-order valence-electron chi connectivity index (χ2n) is 8.28. The molecule has 6 nitrogen and oxygen atoms in total. The van der Waals surface area contributed by atoms with E-state index in [1.165, 1.54) is 16.7 Å². The van der Waals surface area contributed by atoms with E-state index in [-0.39, 0.29) is 36.6 Å². The third kappa shape index (κ3) is 3.65. The number of hydrogen-bond acceptors (Lipinski definition) is 4. The Morgan fingerprint density at radius 1 is 1.06 bits per heavy atom. The molecule has 2 heterocycles. The Morgan fingerprint density at radius 2 is 1.82 bits per heavy atom. The van der Waals surface area contributed by atoms with Gasteiger partial charge in [0.05, 0.1) is 11.4 Å². The van der Waals surface area contributed by atoms with Gasteiger partial charge in [-0.25, -0.2) is 0 Å². The monoisotopic (exact) mass is 491 g/mol. The highest BCUT2D eigenvalue weighted by molar-refractivity contribution is 8.02. The maximum Gasteiger partial charge on any atom is 0.269 e. The van der Waals surface area contributed by atoms with E-state index in [2.05, 4.69) is 5.32 Å². The van der Waals surface area contributed by atoms with E-state index < -0.39 is 4.87 Å². The zero-order valence-corrected chi connectivity index (χ0v) is 20.0. The largest absolute Gasteiger partial charge is 0.350 e. The van der Waals surface area contributed by atoms with E-state index in [1.54, 1.807) is 11.0 Å². The molecule has 172 valence electrons. The molecule has 1 N–H and O–H groups in total. The first-order valence-electron chi connectivity index (χ1n) is 10.9. The lowest BCUT2D eigenvalue weighted by Gasteiger charge is -2.33. The first kappa shape index (κ1) is 22.5. The van der Waals surface area contributed by atoms with Crippen LogP contribution in [-0.2, 0) is 25.8 Å². The molecule has 3 aromatic rings. The van der Waals surface area contributed by atoms with Crippen LogP contribution in [0, 0.1) is 6.92 Å². The molecule has 5 rings (SSSR count). The SMILES string of the molecule is Cc1cccc(N2C(=O)CS[C@@]23C(=O)N(CC(=O)NCc2ccccc2Cl)c2ccccc23)c1. The molecule has 3 amide bonds. The number of nitrogens with zero attached hydrogens (tertiary/aromatic N) is 2. The maximum absolute atomic E-state index is 14.0. The summed E-state index contributed by atoms with van der Waals surface area (Å²) in [4.78, 5) is 41.7. The van der Waals surface area contributed by atoms with Crippen LogP contribution in [0.4, 0.5) is 11.4 Å². The Balaban J connectivity index is 1.46. The average Bonchev–Trinajstić information content (AvgIpc) is 3.29. The topological polar surface area (TPSA) is 69.7 Å². The molecule has 0 bridgehead atoms. The van der Waals surface area contributed by atoms with Crippen LogP contribution in [0.5, 0.6) is 0 Å². The summed E-state index contributed by atoms with van der Waals surface area (Å²) in [5.41, 5.74) is 3.82. The third-order valence-electron chi connectivity index (χ3n) is 6.06. The van der Waals surface area contributed by atoms with Gasteiger partial charge in [0.15, 0.2) is 0 Å². The van der Waals surface area contributed by atoms with Crippen LogP contribution in [0.3, 0.4) is 0 Å². The number of rotatable bonds is 5. The molecule has 0 aromatic heterocycles. The fourth-order valence-electron chi connectivity index (χ4n) is 4.51. The predicted octanol–water partition coefficient (Wildman–Crippen LogP) is 4.24. The first-order chi connectivity index (χ1) is 16.4. The summed E-state index contributed by atoms with van der Waals surface area (Å²) in [6, 6.07) is 22.2. The van der Waals surface area contributed by atoms with E-state index in [0.717, 1.165) is 16.7 Å². The molecule has 34 heavy (non-hydrogen) atoms. The second kappa shape index (κ2) is 8.81. The van der Waals surface area contributed by atoms with E-state index in [1.807, 2.05) is 73.7 Å². The lowest BCUT2D eigenvalue weighted by molar-refractivity contribution is -0.125. The van der Waals surface area contributed by atoms with Gasteiger partial charge in [-0.05, 0) is 42.3 Å². The van der Waals surface area contributed by atoms with Gasteiger partial charge >= 0.3 is 0 Å². The molecule has 1 fully saturated rings. The minimum absolute atomic E-state index is 0.135. The van der Waals surface area contributed by atoms with E-state index >= 15 is 0 Å². The Labute approximate surface area is 206 Å². The molecule has 1 atom stereocenters. The van der Waals surface area contributed by atoms with Gasteiger partial charge in [0.2, 0.25) is 16.7 Å². The van der Waals surface area contributed by atoms with E-state index in [4.69, 9.17) is 11.6 Å². The molecule has 0 saturated carbocycles. The fraction of sp³-hybridized carbons (Fsp3) is 0.192. The summed E-state index contributed by atoms with van der Waals surface area (Å²) >= 11 is 7.49. The number of hydrogen-bond donors (Lipinski definition) is 1. The van der Waals surface area contributed by atoms with Crippen molar-refractivity contribution in [2.75, 3.05) is 22.1 Å². The zero-order valence-electron chi connectivity index (χ0n) is 18.5. The van der Waals surface area contributed by atoms with Crippen LogP contribution in [0.25, 0.3) is 0 Å². The summed E-state index contributed by atoms with van der Waals surface area (Å²) < 4.78 is 0. The number of para-hydroxylation sites is 1. The predicted molar refractivity (Wildman–Crippen MR) is 135 cm³/mol. The molecule has 8 heteroatoms. The lowest BCUT2D eigenvalue weighted by Crippen LogP contribution is -2.51. The molecule has 1 spiro atoms. The second-order valence-corrected chi connectivity index (χ2v) is 9.85. The molecule has 0 unspecified atom stereocenters. The van der Waals surface area contributed by atoms with Gasteiger partial charge in [-0.15, -0.1) is 11.8 Å². The number of benzene rings is 3. The van der Waals surface area contributed by atoms with Crippen LogP contribution in [0.1, 0.15) is 16.7 Å². The highest BCUT2D eigenvalue weighted by Crippen LogP contribution is 2.55. The van der Waals surface area contributed by atoms with E-state index in [0.29, 0.717) is 16.4 Å². The van der Waals surface area contributed by atoms with Gasteiger partial charge in [0.25, 0.3) is 5.91 Å². The van der Waals surface area contributed by atoms with Crippen molar-refractivity contribution in [3.05, 3.63) is 94.5 Å².